The molecule has 0 saturated carbocycles. The number of halogens is 1. The standard InChI is InChI=1S/C13H18FNS2/c1-15-12(13-9-16-6-7-17-13)8-10-2-4-11(14)5-3-10/h2-5,12-13,15H,6-9H2,1H3. The zero-order chi connectivity index (χ0) is 12.1. The quantitative estimate of drug-likeness (QED) is 0.904. The summed E-state index contributed by atoms with van der Waals surface area (Å²) in [6.07, 6.45) is 0.981. The number of thioether (sulfide) groups is 2. The highest BCUT2D eigenvalue weighted by atomic mass is 32.2. The summed E-state index contributed by atoms with van der Waals surface area (Å²) in [5.41, 5.74) is 1.21. The summed E-state index contributed by atoms with van der Waals surface area (Å²) in [4.78, 5) is 0. The molecule has 1 aromatic rings. The first-order valence-electron chi connectivity index (χ1n) is 5.90. The second kappa shape index (κ2) is 6.66. The molecule has 1 fully saturated rings. The minimum Gasteiger partial charge on any atom is -0.316 e. The van der Waals surface area contributed by atoms with Crippen molar-refractivity contribution in [2.45, 2.75) is 17.7 Å². The number of hydrogen-bond donors (Lipinski definition) is 1. The Balaban J connectivity index is 1.96. The molecule has 2 atom stereocenters. The van der Waals surface area contributed by atoms with Gasteiger partial charge in [0.15, 0.2) is 0 Å². The van der Waals surface area contributed by atoms with Crippen LogP contribution >= 0.6 is 23.5 Å². The first kappa shape index (κ1) is 13.2. The Kier molecular flexibility index (Phi) is 5.19. The van der Waals surface area contributed by atoms with Crippen LogP contribution < -0.4 is 5.32 Å². The number of benzene rings is 1. The zero-order valence-electron chi connectivity index (χ0n) is 9.99. The van der Waals surface area contributed by atoms with E-state index in [2.05, 4.69) is 17.1 Å². The molecule has 0 bridgehead atoms. The SMILES string of the molecule is CNC(Cc1ccc(F)cc1)C1CSCCS1. The van der Waals surface area contributed by atoms with E-state index in [0.717, 1.165) is 6.42 Å². The lowest BCUT2D eigenvalue weighted by molar-refractivity contribution is 0.556. The molecule has 1 N–H and O–H groups in total. The zero-order valence-corrected chi connectivity index (χ0v) is 11.6. The minimum atomic E-state index is -0.155. The molecule has 17 heavy (non-hydrogen) atoms. The number of nitrogens with one attached hydrogen (secondary N) is 1. The fraction of sp³-hybridized carbons (Fsp3) is 0.538. The second-order valence-electron chi connectivity index (χ2n) is 4.21. The molecule has 0 aromatic heterocycles. The molecule has 0 radical (unpaired) electrons. The van der Waals surface area contributed by atoms with Gasteiger partial charge in [-0.2, -0.15) is 23.5 Å². The molecule has 0 spiro atoms. The van der Waals surface area contributed by atoms with E-state index in [1.165, 1.54) is 22.8 Å². The maximum atomic E-state index is 12.8. The van der Waals surface area contributed by atoms with Gasteiger partial charge >= 0.3 is 0 Å². The Morgan fingerprint density at radius 3 is 2.71 bits per heavy atom. The van der Waals surface area contributed by atoms with Gasteiger partial charge in [0.25, 0.3) is 0 Å². The van der Waals surface area contributed by atoms with E-state index in [0.29, 0.717) is 11.3 Å². The van der Waals surface area contributed by atoms with Crippen molar-refractivity contribution >= 4 is 23.5 Å². The molecule has 2 rings (SSSR count). The Morgan fingerprint density at radius 2 is 2.12 bits per heavy atom. The van der Waals surface area contributed by atoms with E-state index >= 15 is 0 Å². The van der Waals surface area contributed by atoms with Gasteiger partial charge in [0, 0.05) is 28.6 Å². The number of rotatable bonds is 4. The molecular formula is C13H18FNS2. The van der Waals surface area contributed by atoms with Crippen molar-refractivity contribution in [1.29, 1.82) is 0 Å². The monoisotopic (exact) mass is 271 g/mol. The lowest BCUT2D eigenvalue weighted by Crippen LogP contribution is -2.40. The summed E-state index contributed by atoms with van der Waals surface area (Å²) in [5.74, 6) is 3.58. The van der Waals surface area contributed by atoms with Gasteiger partial charge in [-0.3, -0.25) is 0 Å². The van der Waals surface area contributed by atoms with E-state index in [9.17, 15) is 4.39 Å². The first-order valence-corrected chi connectivity index (χ1v) is 8.11. The largest absolute Gasteiger partial charge is 0.316 e. The maximum Gasteiger partial charge on any atom is 0.123 e. The van der Waals surface area contributed by atoms with Gasteiger partial charge in [-0.25, -0.2) is 4.39 Å². The van der Waals surface area contributed by atoms with E-state index in [1.807, 2.05) is 30.9 Å². The molecule has 1 nitrogen and oxygen atoms in total. The highest BCUT2D eigenvalue weighted by molar-refractivity contribution is 8.06. The first-order chi connectivity index (χ1) is 8.29. The summed E-state index contributed by atoms with van der Waals surface area (Å²) >= 11 is 4.10. The molecule has 1 aliphatic rings. The van der Waals surface area contributed by atoms with Crippen molar-refractivity contribution in [3.63, 3.8) is 0 Å². The van der Waals surface area contributed by atoms with Crippen molar-refractivity contribution in [2.24, 2.45) is 0 Å². The predicted molar refractivity (Wildman–Crippen MR) is 76.5 cm³/mol. The van der Waals surface area contributed by atoms with Crippen molar-refractivity contribution < 1.29 is 4.39 Å². The molecular weight excluding hydrogens is 253 g/mol. The van der Waals surface area contributed by atoms with Crippen LogP contribution in [0.2, 0.25) is 0 Å². The van der Waals surface area contributed by atoms with Gasteiger partial charge < -0.3 is 5.32 Å². The van der Waals surface area contributed by atoms with Crippen LogP contribution in [0.4, 0.5) is 4.39 Å². The fourth-order valence-electron chi connectivity index (χ4n) is 2.03. The molecule has 0 aliphatic carbocycles. The van der Waals surface area contributed by atoms with Crippen LogP contribution in [0.1, 0.15) is 5.56 Å². The Morgan fingerprint density at radius 1 is 1.35 bits per heavy atom. The summed E-state index contributed by atoms with van der Waals surface area (Å²) in [6, 6.07) is 7.36. The molecule has 4 heteroatoms. The third-order valence-corrected chi connectivity index (χ3v) is 5.95. The van der Waals surface area contributed by atoms with E-state index in [1.54, 1.807) is 12.1 Å². The van der Waals surface area contributed by atoms with E-state index in [-0.39, 0.29) is 5.82 Å². The van der Waals surface area contributed by atoms with E-state index < -0.39 is 0 Å². The summed E-state index contributed by atoms with van der Waals surface area (Å²) in [6.45, 7) is 0. The third-order valence-electron chi connectivity index (χ3n) is 3.03. The highest BCUT2D eigenvalue weighted by Gasteiger charge is 2.23. The second-order valence-corrected chi connectivity index (χ2v) is 6.71. The van der Waals surface area contributed by atoms with Crippen molar-refractivity contribution in [3.05, 3.63) is 35.6 Å². The van der Waals surface area contributed by atoms with Crippen LogP contribution in [0.15, 0.2) is 24.3 Å². The van der Waals surface area contributed by atoms with Crippen LogP contribution in [-0.2, 0) is 6.42 Å². The maximum absolute atomic E-state index is 12.8. The molecule has 0 amide bonds. The van der Waals surface area contributed by atoms with E-state index in [4.69, 9.17) is 0 Å². The number of likely N-dealkylation sites (N-methyl/N-ethyl adjacent to an activating group) is 1. The average molecular weight is 271 g/mol. The topological polar surface area (TPSA) is 12.0 Å². The van der Waals surface area contributed by atoms with Crippen LogP contribution in [-0.4, -0.2) is 35.6 Å². The summed E-state index contributed by atoms with van der Waals surface area (Å²) in [5, 5.41) is 4.08. The predicted octanol–water partition coefficient (Wildman–Crippen LogP) is 2.80. The van der Waals surface area contributed by atoms with Gasteiger partial charge in [-0.05, 0) is 31.2 Å². The molecule has 1 saturated heterocycles. The van der Waals surface area contributed by atoms with Crippen molar-refractivity contribution in [1.82, 2.24) is 5.32 Å². The summed E-state index contributed by atoms with van der Waals surface area (Å²) < 4.78 is 12.8. The van der Waals surface area contributed by atoms with Crippen molar-refractivity contribution in [2.75, 3.05) is 24.3 Å². The van der Waals surface area contributed by atoms with Gasteiger partial charge in [0.05, 0.1) is 0 Å². The number of hydrogen-bond acceptors (Lipinski definition) is 3. The average Bonchev–Trinajstić information content (AvgIpc) is 2.39. The molecule has 1 heterocycles. The van der Waals surface area contributed by atoms with Gasteiger partial charge in [0.2, 0.25) is 0 Å². The van der Waals surface area contributed by atoms with Crippen LogP contribution in [0.25, 0.3) is 0 Å². The normalized spacial score (nSPS) is 22.4. The van der Waals surface area contributed by atoms with Crippen LogP contribution in [0.5, 0.6) is 0 Å². The Hall–Kier alpha value is -0.190. The fourth-order valence-corrected chi connectivity index (χ4v) is 4.96. The van der Waals surface area contributed by atoms with Crippen LogP contribution in [0.3, 0.4) is 0 Å². The van der Waals surface area contributed by atoms with Gasteiger partial charge in [0.1, 0.15) is 5.82 Å². The third kappa shape index (κ3) is 3.90. The summed E-state index contributed by atoms with van der Waals surface area (Å²) in [7, 11) is 2.02. The Bertz CT molecular complexity index is 336. The lowest BCUT2D eigenvalue weighted by Gasteiger charge is -2.29. The Labute approximate surface area is 111 Å². The van der Waals surface area contributed by atoms with Crippen LogP contribution in [0, 0.1) is 5.82 Å². The molecule has 1 aromatic carbocycles. The molecule has 94 valence electrons. The molecule has 1 aliphatic heterocycles. The van der Waals surface area contributed by atoms with Crippen molar-refractivity contribution in [3.8, 4) is 0 Å². The smallest absolute Gasteiger partial charge is 0.123 e. The van der Waals surface area contributed by atoms with Gasteiger partial charge in [-0.1, -0.05) is 12.1 Å². The molecule has 2 unspecified atom stereocenters. The highest BCUT2D eigenvalue weighted by Crippen LogP contribution is 2.27. The minimum absolute atomic E-state index is 0.155. The van der Waals surface area contributed by atoms with Gasteiger partial charge in [-0.15, -0.1) is 0 Å². The lowest BCUT2D eigenvalue weighted by atomic mass is 10.0.